The molecule has 2 heterocycles. The van der Waals surface area contributed by atoms with Crippen LogP contribution in [0.1, 0.15) is 16.8 Å². The number of halogens is 1. The Morgan fingerprint density at radius 1 is 1.20 bits per heavy atom. The van der Waals surface area contributed by atoms with Gasteiger partial charge in [0.05, 0.1) is 0 Å². The number of benzene rings is 1. The lowest BCUT2D eigenvalue weighted by atomic mass is 10.00. The quantitative estimate of drug-likeness (QED) is 0.917. The van der Waals surface area contributed by atoms with Gasteiger partial charge in [0.15, 0.2) is 0 Å². The molecule has 0 radical (unpaired) electrons. The van der Waals surface area contributed by atoms with Crippen molar-refractivity contribution in [2.45, 2.75) is 19.9 Å². The SMILES string of the molecule is CNc1nc(C)cc(N2CCc3cc(Br)ccc3C2)n1. The lowest BCUT2D eigenvalue weighted by molar-refractivity contribution is 0.718. The highest BCUT2D eigenvalue weighted by molar-refractivity contribution is 9.10. The predicted molar refractivity (Wildman–Crippen MR) is 85.2 cm³/mol. The van der Waals surface area contributed by atoms with Gasteiger partial charge in [-0.15, -0.1) is 0 Å². The van der Waals surface area contributed by atoms with Gasteiger partial charge in [-0.2, -0.15) is 4.98 Å². The van der Waals surface area contributed by atoms with Crippen molar-refractivity contribution in [3.8, 4) is 0 Å². The Balaban J connectivity index is 1.90. The first-order chi connectivity index (χ1) is 9.65. The van der Waals surface area contributed by atoms with E-state index in [2.05, 4.69) is 54.3 Å². The Bertz CT molecular complexity index is 642. The van der Waals surface area contributed by atoms with Gasteiger partial charge in [0.1, 0.15) is 5.82 Å². The second-order valence-corrected chi connectivity index (χ2v) is 5.94. The number of nitrogens with one attached hydrogen (secondary N) is 1. The molecule has 20 heavy (non-hydrogen) atoms. The van der Waals surface area contributed by atoms with Crippen molar-refractivity contribution in [1.29, 1.82) is 0 Å². The van der Waals surface area contributed by atoms with E-state index >= 15 is 0 Å². The van der Waals surface area contributed by atoms with Crippen molar-refractivity contribution in [2.75, 3.05) is 23.8 Å². The Hall–Kier alpha value is -1.62. The van der Waals surface area contributed by atoms with Gasteiger partial charge >= 0.3 is 0 Å². The molecular weight excluding hydrogens is 316 g/mol. The van der Waals surface area contributed by atoms with E-state index in [0.29, 0.717) is 5.95 Å². The van der Waals surface area contributed by atoms with Gasteiger partial charge in [-0.1, -0.05) is 22.0 Å². The van der Waals surface area contributed by atoms with Crippen LogP contribution in [0.15, 0.2) is 28.7 Å². The second kappa shape index (κ2) is 5.40. The smallest absolute Gasteiger partial charge is 0.224 e. The number of anilines is 2. The van der Waals surface area contributed by atoms with Gasteiger partial charge in [-0.3, -0.25) is 0 Å². The minimum Gasteiger partial charge on any atom is -0.357 e. The predicted octanol–water partition coefficient (Wildman–Crippen LogP) is 3.15. The van der Waals surface area contributed by atoms with Gasteiger partial charge in [0, 0.05) is 36.4 Å². The van der Waals surface area contributed by atoms with Crippen LogP contribution in [0.2, 0.25) is 0 Å². The lowest BCUT2D eigenvalue weighted by Crippen LogP contribution is -2.31. The van der Waals surface area contributed by atoms with Crippen molar-refractivity contribution in [3.05, 3.63) is 45.6 Å². The highest BCUT2D eigenvalue weighted by Gasteiger charge is 2.18. The fourth-order valence-corrected chi connectivity index (χ4v) is 2.95. The summed E-state index contributed by atoms with van der Waals surface area (Å²) in [5.74, 6) is 1.68. The van der Waals surface area contributed by atoms with Crippen LogP contribution in [-0.4, -0.2) is 23.6 Å². The van der Waals surface area contributed by atoms with Crippen molar-refractivity contribution < 1.29 is 0 Å². The largest absolute Gasteiger partial charge is 0.357 e. The summed E-state index contributed by atoms with van der Waals surface area (Å²) >= 11 is 3.54. The standard InChI is InChI=1S/C15H17BrN4/c1-10-7-14(19-15(17-2)18-10)20-6-5-11-8-13(16)4-3-12(11)9-20/h3-4,7-8H,5-6,9H2,1-2H3,(H,17,18,19). The van der Waals surface area contributed by atoms with Crippen LogP contribution >= 0.6 is 15.9 Å². The van der Waals surface area contributed by atoms with Crippen LogP contribution in [0, 0.1) is 6.92 Å². The maximum atomic E-state index is 4.56. The molecule has 0 amide bonds. The summed E-state index contributed by atoms with van der Waals surface area (Å²) in [5, 5.41) is 3.02. The maximum Gasteiger partial charge on any atom is 0.224 e. The van der Waals surface area contributed by atoms with E-state index in [1.54, 1.807) is 0 Å². The molecule has 1 aliphatic heterocycles. The number of nitrogens with zero attached hydrogens (tertiary/aromatic N) is 3. The number of aryl methyl sites for hydroxylation is 1. The summed E-state index contributed by atoms with van der Waals surface area (Å²) in [6, 6.07) is 8.56. The van der Waals surface area contributed by atoms with Crippen molar-refractivity contribution in [1.82, 2.24) is 9.97 Å². The molecule has 1 aromatic carbocycles. The molecule has 0 bridgehead atoms. The minimum atomic E-state index is 0.682. The molecule has 1 aliphatic rings. The third kappa shape index (κ3) is 2.63. The number of fused-ring (bicyclic) bond motifs is 1. The highest BCUT2D eigenvalue weighted by atomic mass is 79.9. The zero-order valence-electron chi connectivity index (χ0n) is 11.7. The van der Waals surface area contributed by atoms with Crippen LogP contribution in [0.3, 0.4) is 0 Å². The van der Waals surface area contributed by atoms with E-state index in [-0.39, 0.29) is 0 Å². The summed E-state index contributed by atoms with van der Waals surface area (Å²) in [4.78, 5) is 11.2. The van der Waals surface area contributed by atoms with Crippen molar-refractivity contribution >= 4 is 27.7 Å². The van der Waals surface area contributed by atoms with Gasteiger partial charge in [-0.25, -0.2) is 4.98 Å². The third-order valence-corrected chi connectivity index (χ3v) is 4.06. The zero-order chi connectivity index (χ0) is 14.1. The molecule has 104 valence electrons. The van der Waals surface area contributed by atoms with Gasteiger partial charge in [0.25, 0.3) is 0 Å². The summed E-state index contributed by atoms with van der Waals surface area (Å²) in [6.07, 6.45) is 1.05. The van der Waals surface area contributed by atoms with Crippen LogP contribution < -0.4 is 10.2 Å². The van der Waals surface area contributed by atoms with Crippen molar-refractivity contribution in [3.63, 3.8) is 0 Å². The van der Waals surface area contributed by atoms with E-state index in [9.17, 15) is 0 Å². The van der Waals surface area contributed by atoms with Crippen LogP contribution in [0.5, 0.6) is 0 Å². The first-order valence-electron chi connectivity index (χ1n) is 6.71. The fraction of sp³-hybridized carbons (Fsp3) is 0.333. The fourth-order valence-electron chi connectivity index (χ4n) is 2.54. The molecule has 0 spiro atoms. The van der Waals surface area contributed by atoms with E-state index in [0.717, 1.165) is 35.5 Å². The number of rotatable bonds is 2. The van der Waals surface area contributed by atoms with E-state index in [1.807, 2.05) is 20.0 Å². The number of hydrogen-bond acceptors (Lipinski definition) is 4. The second-order valence-electron chi connectivity index (χ2n) is 5.03. The summed E-state index contributed by atoms with van der Waals surface area (Å²) in [5.41, 5.74) is 3.79. The molecule has 4 nitrogen and oxygen atoms in total. The Kier molecular flexibility index (Phi) is 3.61. The van der Waals surface area contributed by atoms with Gasteiger partial charge < -0.3 is 10.2 Å². The summed E-state index contributed by atoms with van der Waals surface area (Å²) in [7, 11) is 1.85. The maximum absolute atomic E-state index is 4.56. The summed E-state index contributed by atoms with van der Waals surface area (Å²) < 4.78 is 1.15. The topological polar surface area (TPSA) is 41.1 Å². The number of aromatic nitrogens is 2. The average Bonchev–Trinajstić information content (AvgIpc) is 2.46. The van der Waals surface area contributed by atoms with Crippen LogP contribution in [0.25, 0.3) is 0 Å². The summed E-state index contributed by atoms with van der Waals surface area (Å²) in [6.45, 7) is 3.90. The lowest BCUT2D eigenvalue weighted by Gasteiger charge is -2.30. The molecule has 5 heteroatoms. The molecule has 0 saturated carbocycles. The molecule has 0 atom stereocenters. The molecule has 0 unspecified atom stereocenters. The Morgan fingerprint density at radius 2 is 2.05 bits per heavy atom. The monoisotopic (exact) mass is 332 g/mol. The van der Waals surface area contributed by atoms with E-state index < -0.39 is 0 Å². The molecular formula is C15H17BrN4. The minimum absolute atomic E-state index is 0.682. The molecule has 0 fully saturated rings. The van der Waals surface area contributed by atoms with E-state index in [4.69, 9.17) is 0 Å². The van der Waals surface area contributed by atoms with Gasteiger partial charge in [-0.05, 0) is 36.6 Å². The molecule has 3 rings (SSSR count). The molecule has 1 N–H and O–H groups in total. The first kappa shape index (κ1) is 13.4. The molecule has 2 aromatic rings. The first-order valence-corrected chi connectivity index (χ1v) is 7.50. The number of hydrogen-bond donors (Lipinski definition) is 1. The van der Waals surface area contributed by atoms with Gasteiger partial charge in [0.2, 0.25) is 5.95 Å². The molecule has 1 aromatic heterocycles. The molecule has 0 aliphatic carbocycles. The average molecular weight is 333 g/mol. The normalized spacial score (nSPS) is 14.1. The van der Waals surface area contributed by atoms with Crippen LogP contribution in [-0.2, 0) is 13.0 Å². The van der Waals surface area contributed by atoms with Crippen LogP contribution in [0.4, 0.5) is 11.8 Å². The highest BCUT2D eigenvalue weighted by Crippen LogP contribution is 2.26. The molecule has 0 saturated heterocycles. The third-order valence-electron chi connectivity index (χ3n) is 3.57. The van der Waals surface area contributed by atoms with Crippen molar-refractivity contribution in [2.24, 2.45) is 0 Å². The van der Waals surface area contributed by atoms with E-state index in [1.165, 1.54) is 11.1 Å². The Morgan fingerprint density at radius 3 is 2.85 bits per heavy atom. The Labute approximate surface area is 127 Å². The zero-order valence-corrected chi connectivity index (χ0v) is 13.2.